The molecule has 1 aliphatic rings. The van der Waals surface area contributed by atoms with E-state index in [0.29, 0.717) is 11.6 Å². The summed E-state index contributed by atoms with van der Waals surface area (Å²) < 4.78 is 25.9. The number of rotatable bonds is 1. The molecule has 1 aliphatic heterocycles. The first-order valence-corrected chi connectivity index (χ1v) is 4.19. The Morgan fingerprint density at radius 2 is 1.93 bits per heavy atom. The molecule has 0 aliphatic carbocycles. The Balaban J connectivity index is 2.32. The van der Waals surface area contributed by atoms with E-state index in [4.69, 9.17) is 0 Å². The maximum Gasteiger partial charge on any atom is 0.132 e. The van der Waals surface area contributed by atoms with E-state index < -0.39 is 11.6 Å². The van der Waals surface area contributed by atoms with Gasteiger partial charge in [0.25, 0.3) is 0 Å². The number of hydrogen-bond donors (Lipinski definition) is 1. The third kappa shape index (κ3) is 1.66. The third-order valence-corrected chi connectivity index (χ3v) is 1.93. The summed E-state index contributed by atoms with van der Waals surface area (Å²) in [5.74, 6) is -1.13. The molecule has 1 heterocycles. The molecule has 0 bridgehead atoms. The van der Waals surface area contributed by atoms with Gasteiger partial charge in [-0.1, -0.05) is 18.2 Å². The fourth-order valence-electron chi connectivity index (χ4n) is 1.27. The van der Waals surface area contributed by atoms with Gasteiger partial charge in [0.15, 0.2) is 0 Å². The second-order valence-corrected chi connectivity index (χ2v) is 2.90. The predicted molar refractivity (Wildman–Crippen MR) is 50.1 cm³/mol. The molecule has 1 aromatic carbocycles. The van der Waals surface area contributed by atoms with Gasteiger partial charge in [-0.05, 0) is 18.3 Å². The fourth-order valence-corrected chi connectivity index (χ4v) is 1.27. The first kappa shape index (κ1) is 8.94. The Morgan fingerprint density at radius 3 is 2.57 bits per heavy atom. The molecule has 0 aromatic heterocycles. The zero-order valence-corrected chi connectivity index (χ0v) is 7.30. The summed E-state index contributed by atoms with van der Waals surface area (Å²) in [5.41, 5.74) is 0.368. The number of hydrogen-bond acceptors (Lipinski definition) is 1. The molecule has 2 rings (SSSR count). The zero-order valence-electron chi connectivity index (χ0n) is 7.30. The number of allylic oxidation sites excluding steroid dienone is 2. The minimum absolute atomic E-state index is 0.368. The predicted octanol–water partition coefficient (Wildman–Crippen LogP) is 2.52. The normalized spacial score (nSPS) is 15.6. The molecule has 0 atom stereocenters. The lowest BCUT2D eigenvalue weighted by Crippen LogP contribution is -2.17. The van der Waals surface area contributed by atoms with Crippen LogP contribution in [0.15, 0.2) is 42.6 Å². The van der Waals surface area contributed by atoms with Crippen molar-refractivity contribution in [1.29, 1.82) is 0 Å². The summed E-state index contributed by atoms with van der Waals surface area (Å²) in [6.45, 7) is 0. The van der Waals surface area contributed by atoms with Gasteiger partial charge in [0, 0.05) is 11.6 Å². The Labute approximate surface area is 80.8 Å². The Hall–Kier alpha value is -1.64. The summed E-state index contributed by atoms with van der Waals surface area (Å²) in [4.78, 5) is 0. The molecule has 0 unspecified atom stereocenters. The minimum atomic E-state index is -0.567. The largest absolute Gasteiger partial charge is 0.375 e. The van der Waals surface area contributed by atoms with Crippen LogP contribution in [0.3, 0.4) is 0 Å². The van der Waals surface area contributed by atoms with Gasteiger partial charge < -0.3 is 5.32 Å². The number of dihydropyridines is 1. The quantitative estimate of drug-likeness (QED) is 0.720. The molecule has 1 radical (unpaired) electrons. The number of benzene rings is 1. The molecule has 0 amide bonds. The lowest BCUT2D eigenvalue weighted by atomic mass is 10.0. The first-order valence-electron chi connectivity index (χ1n) is 4.19. The average Bonchev–Trinajstić information content (AvgIpc) is 2.19. The highest BCUT2D eigenvalue weighted by atomic mass is 19.1. The number of nitrogens with one attached hydrogen (secondary N) is 1. The second kappa shape index (κ2) is 3.62. The van der Waals surface area contributed by atoms with Gasteiger partial charge in [0.1, 0.15) is 17.7 Å². The van der Waals surface area contributed by atoms with Crippen molar-refractivity contribution in [2.24, 2.45) is 0 Å². The van der Waals surface area contributed by atoms with Crippen molar-refractivity contribution in [2.45, 2.75) is 0 Å². The maximum absolute atomic E-state index is 13.3. The van der Waals surface area contributed by atoms with Crippen LogP contribution in [0.5, 0.6) is 0 Å². The average molecular weight is 192 g/mol. The van der Waals surface area contributed by atoms with Crippen molar-refractivity contribution in [3.05, 3.63) is 65.9 Å². The lowest BCUT2D eigenvalue weighted by Gasteiger charge is -2.15. The summed E-state index contributed by atoms with van der Waals surface area (Å²) in [7, 11) is 0. The van der Waals surface area contributed by atoms with Crippen LogP contribution in [0.4, 0.5) is 8.78 Å². The summed E-state index contributed by atoms with van der Waals surface area (Å²) >= 11 is 0. The maximum atomic E-state index is 13.3. The van der Waals surface area contributed by atoms with Crippen molar-refractivity contribution in [2.75, 3.05) is 0 Å². The van der Waals surface area contributed by atoms with Crippen molar-refractivity contribution in [3.8, 4) is 0 Å². The summed E-state index contributed by atoms with van der Waals surface area (Å²) in [6.07, 6.45) is 7.01. The molecule has 1 N–H and O–H groups in total. The van der Waals surface area contributed by atoms with E-state index in [1.807, 2.05) is 0 Å². The summed E-state index contributed by atoms with van der Waals surface area (Å²) in [6, 6.07) is 4.15. The molecule has 1 nitrogen and oxygen atoms in total. The van der Waals surface area contributed by atoms with Crippen LogP contribution in [0.2, 0.25) is 0 Å². The van der Waals surface area contributed by atoms with Gasteiger partial charge in [-0.3, -0.25) is 0 Å². The topological polar surface area (TPSA) is 12.0 Å². The monoisotopic (exact) mass is 192 g/mol. The molecule has 0 saturated carbocycles. The van der Waals surface area contributed by atoms with Crippen LogP contribution in [0, 0.1) is 17.7 Å². The van der Waals surface area contributed by atoms with Gasteiger partial charge in [-0.15, -0.1) is 0 Å². The van der Waals surface area contributed by atoms with Crippen molar-refractivity contribution in [3.63, 3.8) is 0 Å². The summed E-state index contributed by atoms with van der Waals surface area (Å²) in [5, 5.41) is 2.88. The van der Waals surface area contributed by atoms with E-state index in [9.17, 15) is 8.78 Å². The Kier molecular flexibility index (Phi) is 2.31. The van der Waals surface area contributed by atoms with Crippen LogP contribution in [0.1, 0.15) is 5.56 Å². The molecule has 0 fully saturated rings. The van der Waals surface area contributed by atoms with Crippen LogP contribution in [-0.4, -0.2) is 0 Å². The fraction of sp³-hybridized carbons (Fsp3) is 0. The van der Waals surface area contributed by atoms with E-state index in [1.54, 1.807) is 24.4 Å². The van der Waals surface area contributed by atoms with Crippen molar-refractivity contribution >= 4 is 0 Å². The molecular formula is C11H8F2N. The Morgan fingerprint density at radius 1 is 1.07 bits per heavy atom. The Bertz CT molecular complexity index is 396. The van der Waals surface area contributed by atoms with E-state index in [2.05, 4.69) is 5.32 Å². The highest BCUT2D eigenvalue weighted by molar-refractivity contribution is 5.40. The van der Waals surface area contributed by atoms with Gasteiger partial charge in [-0.2, -0.15) is 0 Å². The van der Waals surface area contributed by atoms with E-state index >= 15 is 0 Å². The first-order chi connectivity index (χ1) is 6.77. The highest BCUT2D eigenvalue weighted by Gasteiger charge is 2.14. The zero-order chi connectivity index (χ0) is 9.97. The molecular weight excluding hydrogens is 184 g/mol. The van der Waals surface area contributed by atoms with Crippen molar-refractivity contribution in [1.82, 2.24) is 5.32 Å². The van der Waals surface area contributed by atoms with Crippen LogP contribution in [0.25, 0.3) is 0 Å². The molecule has 14 heavy (non-hydrogen) atoms. The van der Waals surface area contributed by atoms with Crippen LogP contribution in [-0.2, 0) is 0 Å². The van der Waals surface area contributed by atoms with Gasteiger partial charge >= 0.3 is 0 Å². The van der Waals surface area contributed by atoms with Crippen molar-refractivity contribution < 1.29 is 8.78 Å². The highest BCUT2D eigenvalue weighted by Crippen LogP contribution is 2.19. The second-order valence-electron chi connectivity index (χ2n) is 2.90. The van der Waals surface area contributed by atoms with Crippen LogP contribution >= 0.6 is 0 Å². The minimum Gasteiger partial charge on any atom is -0.375 e. The molecule has 0 spiro atoms. The van der Waals surface area contributed by atoms with Gasteiger partial charge in [0.05, 0.1) is 0 Å². The molecule has 3 heteroatoms. The van der Waals surface area contributed by atoms with Gasteiger partial charge in [0.2, 0.25) is 0 Å². The van der Waals surface area contributed by atoms with Crippen LogP contribution < -0.4 is 5.32 Å². The smallest absolute Gasteiger partial charge is 0.132 e. The van der Waals surface area contributed by atoms with E-state index in [0.717, 1.165) is 6.07 Å². The van der Waals surface area contributed by atoms with Gasteiger partial charge in [-0.25, -0.2) is 8.78 Å². The van der Waals surface area contributed by atoms with E-state index in [-0.39, 0.29) is 0 Å². The standard InChI is InChI=1S/C11H8F2N/c12-8-4-5-9(10(13)7-8)11-3-1-2-6-14-11/h1-7,14H. The third-order valence-electron chi connectivity index (χ3n) is 1.93. The molecule has 1 aromatic rings. The number of halogens is 2. The SMILES string of the molecule is Fc1ccc([C]2C=CC=CN2)c(F)c1. The molecule has 71 valence electrons. The molecule has 0 saturated heterocycles. The van der Waals surface area contributed by atoms with E-state index in [1.165, 1.54) is 12.1 Å². The lowest BCUT2D eigenvalue weighted by molar-refractivity contribution is 0.574.